The van der Waals surface area contributed by atoms with Crippen molar-refractivity contribution in [3.05, 3.63) is 42.4 Å². The van der Waals surface area contributed by atoms with Crippen molar-refractivity contribution in [3.63, 3.8) is 0 Å². The van der Waals surface area contributed by atoms with Crippen LogP contribution in [0.3, 0.4) is 0 Å². The molecule has 5 heteroatoms. The van der Waals surface area contributed by atoms with Crippen molar-refractivity contribution in [1.29, 1.82) is 0 Å². The first-order chi connectivity index (χ1) is 13.2. The molecule has 27 heavy (non-hydrogen) atoms. The summed E-state index contributed by atoms with van der Waals surface area (Å²) in [7, 11) is 0. The molecule has 2 aliphatic carbocycles. The maximum absolute atomic E-state index is 12.3. The average molecular weight is 363 g/mol. The van der Waals surface area contributed by atoms with E-state index in [0.717, 1.165) is 50.9 Å². The van der Waals surface area contributed by atoms with Gasteiger partial charge in [0, 0.05) is 35.9 Å². The lowest BCUT2D eigenvalue weighted by molar-refractivity contribution is -0.165. The van der Waals surface area contributed by atoms with E-state index in [1.165, 1.54) is 11.1 Å². The highest BCUT2D eigenvalue weighted by Gasteiger charge is 2.58. The highest BCUT2D eigenvalue weighted by atomic mass is 16.3. The maximum atomic E-state index is 12.3. The standard InChI is InChI=1S/C22H25N3O2/c26-20-17(11-22(20)7-9-24(10-8-22)21(27)14-5-6-14)19-16-4-2-1-3-15(16)18-12-23-13-25(18)19/h1-4,12-14,17,19-20,26H,5-11H2/t17-,19+,20+/m0/s1. The predicted molar refractivity (Wildman–Crippen MR) is 101 cm³/mol. The zero-order valence-electron chi connectivity index (χ0n) is 15.4. The summed E-state index contributed by atoms with van der Waals surface area (Å²) in [5.74, 6) is 0.878. The number of nitrogens with zero attached hydrogens (tertiary/aromatic N) is 3. The monoisotopic (exact) mass is 363 g/mol. The van der Waals surface area contributed by atoms with Gasteiger partial charge >= 0.3 is 0 Å². The van der Waals surface area contributed by atoms with Gasteiger partial charge in [0.15, 0.2) is 0 Å². The van der Waals surface area contributed by atoms with Crippen LogP contribution in [0.4, 0.5) is 0 Å². The first-order valence-corrected chi connectivity index (χ1v) is 10.3. The fourth-order valence-electron chi connectivity index (χ4n) is 5.85. The first kappa shape index (κ1) is 15.9. The molecule has 1 aromatic heterocycles. The van der Waals surface area contributed by atoms with Gasteiger partial charge in [-0.05, 0) is 37.7 Å². The molecule has 5 nitrogen and oxygen atoms in total. The van der Waals surface area contributed by atoms with E-state index in [4.69, 9.17) is 0 Å². The summed E-state index contributed by atoms with van der Waals surface area (Å²) < 4.78 is 2.25. The highest BCUT2D eigenvalue weighted by molar-refractivity contribution is 5.81. The van der Waals surface area contributed by atoms with Crippen molar-refractivity contribution in [2.45, 2.75) is 44.2 Å². The van der Waals surface area contributed by atoms with Crippen LogP contribution in [0.2, 0.25) is 0 Å². The molecule has 1 saturated heterocycles. The lowest BCUT2D eigenvalue weighted by Crippen LogP contribution is -2.60. The minimum Gasteiger partial charge on any atom is -0.392 e. The van der Waals surface area contributed by atoms with E-state index in [1.807, 2.05) is 17.4 Å². The molecule has 2 saturated carbocycles. The number of carbonyl (C=O) groups is 1. The second-order valence-electron chi connectivity index (χ2n) is 8.99. The fraction of sp³-hybridized carbons (Fsp3) is 0.545. The van der Waals surface area contributed by atoms with Gasteiger partial charge in [-0.15, -0.1) is 0 Å². The summed E-state index contributed by atoms with van der Waals surface area (Å²) in [6, 6.07) is 8.71. The molecule has 1 amide bonds. The average Bonchev–Trinajstić information content (AvgIpc) is 3.37. The van der Waals surface area contributed by atoms with Gasteiger partial charge in [-0.1, -0.05) is 24.3 Å². The molecule has 3 fully saturated rings. The van der Waals surface area contributed by atoms with Gasteiger partial charge in [-0.25, -0.2) is 4.98 Å². The third-order valence-corrected chi connectivity index (χ3v) is 7.60. The Kier molecular flexibility index (Phi) is 3.20. The van der Waals surface area contributed by atoms with E-state index in [0.29, 0.717) is 11.8 Å². The van der Waals surface area contributed by atoms with Gasteiger partial charge in [0.25, 0.3) is 0 Å². The Morgan fingerprint density at radius 1 is 1.19 bits per heavy atom. The first-order valence-electron chi connectivity index (χ1n) is 10.3. The van der Waals surface area contributed by atoms with Gasteiger partial charge in [0.1, 0.15) is 0 Å². The maximum Gasteiger partial charge on any atom is 0.225 e. The summed E-state index contributed by atoms with van der Waals surface area (Å²) in [5.41, 5.74) is 3.73. The summed E-state index contributed by atoms with van der Waals surface area (Å²) >= 11 is 0. The summed E-state index contributed by atoms with van der Waals surface area (Å²) in [5, 5.41) is 11.2. The minimum atomic E-state index is -0.304. The number of rotatable bonds is 2. The van der Waals surface area contributed by atoms with Crippen molar-refractivity contribution in [2.24, 2.45) is 17.3 Å². The van der Waals surface area contributed by atoms with Crippen molar-refractivity contribution in [2.75, 3.05) is 13.1 Å². The Hall–Kier alpha value is -2.14. The Bertz CT molecular complexity index is 908. The Balaban J connectivity index is 1.22. The van der Waals surface area contributed by atoms with Gasteiger partial charge in [-0.2, -0.15) is 0 Å². The number of aromatic nitrogens is 2. The molecular weight excluding hydrogens is 338 g/mol. The van der Waals surface area contributed by atoms with Crippen LogP contribution in [0, 0.1) is 17.3 Å². The van der Waals surface area contributed by atoms with E-state index in [2.05, 4.69) is 33.8 Å². The smallest absolute Gasteiger partial charge is 0.225 e. The molecule has 6 rings (SSSR count). The minimum absolute atomic E-state index is 0.00325. The zero-order valence-corrected chi connectivity index (χ0v) is 15.4. The molecule has 0 bridgehead atoms. The number of hydrogen-bond donors (Lipinski definition) is 1. The van der Waals surface area contributed by atoms with Crippen LogP contribution in [0.25, 0.3) is 11.3 Å². The van der Waals surface area contributed by atoms with Crippen LogP contribution >= 0.6 is 0 Å². The van der Waals surface area contributed by atoms with Gasteiger partial charge in [0.05, 0.1) is 30.4 Å². The zero-order chi connectivity index (χ0) is 18.2. The number of hydrogen-bond acceptors (Lipinski definition) is 3. The lowest BCUT2D eigenvalue weighted by Gasteiger charge is -2.58. The largest absolute Gasteiger partial charge is 0.392 e. The van der Waals surface area contributed by atoms with E-state index in [1.54, 1.807) is 0 Å². The third-order valence-electron chi connectivity index (χ3n) is 7.60. The van der Waals surface area contributed by atoms with Crippen LogP contribution in [0.5, 0.6) is 0 Å². The molecular formula is C22H25N3O2. The van der Waals surface area contributed by atoms with Gasteiger partial charge in [-0.3, -0.25) is 4.79 Å². The van der Waals surface area contributed by atoms with Crippen molar-refractivity contribution in [1.82, 2.24) is 14.5 Å². The number of aliphatic hydroxyl groups excluding tert-OH is 1. The van der Waals surface area contributed by atoms with E-state index < -0.39 is 0 Å². The number of imidazole rings is 1. The predicted octanol–water partition coefficient (Wildman–Crippen LogP) is 2.85. The second-order valence-corrected chi connectivity index (χ2v) is 8.99. The number of piperidine rings is 1. The Labute approximate surface area is 159 Å². The summed E-state index contributed by atoms with van der Waals surface area (Å²) in [6.07, 6.45) is 8.59. The van der Waals surface area contributed by atoms with Crippen molar-refractivity contribution < 1.29 is 9.90 Å². The van der Waals surface area contributed by atoms with Crippen LogP contribution in [-0.2, 0) is 4.79 Å². The number of aliphatic hydroxyl groups is 1. The molecule has 0 radical (unpaired) electrons. The number of fused-ring (bicyclic) bond motifs is 3. The highest BCUT2D eigenvalue weighted by Crippen LogP contribution is 2.59. The van der Waals surface area contributed by atoms with Crippen LogP contribution < -0.4 is 0 Å². The van der Waals surface area contributed by atoms with Crippen molar-refractivity contribution in [3.8, 4) is 11.3 Å². The third kappa shape index (κ3) is 2.15. The van der Waals surface area contributed by atoms with E-state index >= 15 is 0 Å². The SMILES string of the molecule is O=C(C1CC1)N1CCC2(CC1)C[C@@H]([C@H]1c3ccccc3-c3cncn31)[C@H]2O. The normalized spacial score (nSPS) is 30.7. The molecule has 1 N–H and O–H groups in total. The number of likely N-dealkylation sites (tertiary alicyclic amines) is 1. The molecule has 3 heterocycles. The molecule has 140 valence electrons. The van der Waals surface area contributed by atoms with E-state index in [-0.39, 0.29) is 23.5 Å². The quantitative estimate of drug-likeness (QED) is 0.893. The summed E-state index contributed by atoms with van der Waals surface area (Å²) in [4.78, 5) is 18.7. The van der Waals surface area contributed by atoms with Gasteiger partial charge in [0.2, 0.25) is 5.91 Å². The molecule has 2 aromatic rings. The summed E-state index contributed by atoms with van der Waals surface area (Å²) in [6.45, 7) is 1.63. The molecule has 1 spiro atoms. The number of carbonyl (C=O) groups excluding carboxylic acids is 1. The van der Waals surface area contributed by atoms with Gasteiger partial charge < -0.3 is 14.6 Å². The van der Waals surface area contributed by atoms with Crippen LogP contribution in [-0.4, -0.2) is 44.7 Å². The lowest BCUT2D eigenvalue weighted by atomic mass is 9.53. The van der Waals surface area contributed by atoms with Crippen LogP contribution in [0.15, 0.2) is 36.8 Å². The molecule has 0 unspecified atom stereocenters. The topological polar surface area (TPSA) is 58.4 Å². The number of benzene rings is 1. The molecule has 4 aliphatic rings. The molecule has 3 atom stereocenters. The molecule has 1 aromatic carbocycles. The number of amides is 1. The Morgan fingerprint density at radius 2 is 1.96 bits per heavy atom. The Morgan fingerprint density at radius 3 is 2.70 bits per heavy atom. The van der Waals surface area contributed by atoms with E-state index in [9.17, 15) is 9.90 Å². The molecule has 2 aliphatic heterocycles. The second kappa shape index (κ2) is 5.44. The fourth-order valence-corrected chi connectivity index (χ4v) is 5.85. The van der Waals surface area contributed by atoms with Crippen molar-refractivity contribution >= 4 is 5.91 Å². The van der Waals surface area contributed by atoms with Crippen LogP contribution in [0.1, 0.15) is 43.7 Å².